The average Bonchev–Trinajstić information content (AvgIpc) is 3.78. The van der Waals surface area contributed by atoms with E-state index in [0.29, 0.717) is 0 Å². The Morgan fingerprint density at radius 2 is 0.694 bits per heavy atom. The summed E-state index contributed by atoms with van der Waals surface area (Å²) in [6.07, 6.45) is 0. The van der Waals surface area contributed by atoms with Gasteiger partial charge in [0.05, 0.1) is 11.0 Å². The van der Waals surface area contributed by atoms with Gasteiger partial charge in [-0.3, -0.25) is 0 Å². The molecule has 0 fully saturated rings. The molecule has 1 aromatic heterocycles. The third-order valence-corrected chi connectivity index (χ3v) is 14.8. The third kappa shape index (κ3) is 6.95. The van der Waals surface area contributed by atoms with E-state index in [9.17, 15) is 0 Å². The molecule has 0 unspecified atom stereocenters. The monoisotopic (exact) mass is 914 g/mol. The molecular formula is C70H46N2. The lowest BCUT2D eigenvalue weighted by molar-refractivity contribution is 1.18. The van der Waals surface area contributed by atoms with Gasteiger partial charge in [-0.05, 0) is 154 Å². The Bertz CT molecular complexity index is 4290. The molecule has 72 heavy (non-hydrogen) atoms. The SMILES string of the molecule is c1ccc(-n2c3ccccc3c3cc(N(c4ccc(-c5ccc6ccccc6c5)cc4)c4ccc(-c5c6ccccc6c(-c6ccc(-c7cccc8ccccc78)cc6)c6ccccc56)cc4)ccc32)cc1. The van der Waals surface area contributed by atoms with Crippen LogP contribution in [0.4, 0.5) is 17.1 Å². The lowest BCUT2D eigenvalue weighted by Crippen LogP contribution is -2.10. The van der Waals surface area contributed by atoms with E-state index in [1.54, 1.807) is 0 Å². The number of hydrogen-bond donors (Lipinski definition) is 0. The van der Waals surface area contributed by atoms with Crippen LogP contribution in [0.5, 0.6) is 0 Å². The Morgan fingerprint density at radius 1 is 0.236 bits per heavy atom. The fraction of sp³-hybridized carbons (Fsp3) is 0. The number of hydrogen-bond acceptors (Lipinski definition) is 1. The smallest absolute Gasteiger partial charge is 0.0542 e. The maximum Gasteiger partial charge on any atom is 0.0542 e. The normalized spacial score (nSPS) is 11.6. The molecule has 2 nitrogen and oxygen atoms in total. The molecule has 0 radical (unpaired) electrons. The molecule has 0 saturated heterocycles. The number of aromatic nitrogens is 1. The fourth-order valence-electron chi connectivity index (χ4n) is 11.4. The van der Waals surface area contributed by atoms with E-state index in [-0.39, 0.29) is 0 Å². The van der Waals surface area contributed by atoms with Crippen molar-refractivity contribution in [1.29, 1.82) is 0 Å². The van der Waals surface area contributed by atoms with E-state index < -0.39 is 0 Å². The molecule has 13 aromatic carbocycles. The van der Waals surface area contributed by atoms with Crippen LogP contribution in [-0.4, -0.2) is 4.57 Å². The van der Waals surface area contributed by atoms with Crippen molar-refractivity contribution in [3.8, 4) is 50.2 Å². The van der Waals surface area contributed by atoms with Crippen LogP contribution >= 0.6 is 0 Å². The summed E-state index contributed by atoms with van der Waals surface area (Å²) < 4.78 is 2.38. The highest BCUT2D eigenvalue weighted by molar-refractivity contribution is 6.21. The largest absolute Gasteiger partial charge is 0.310 e. The second kappa shape index (κ2) is 17.2. The first-order valence-electron chi connectivity index (χ1n) is 24.8. The third-order valence-electron chi connectivity index (χ3n) is 14.8. The van der Waals surface area contributed by atoms with Crippen LogP contribution in [-0.2, 0) is 0 Å². The molecule has 0 atom stereocenters. The Hall–Kier alpha value is -9.50. The van der Waals surface area contributed by atoms with Crippen LogP contribution < -0.4 is 4.90 Å². The van der Waals surface area contributed by atoms with Crippen molar-refractivity contribution in [2.24, 2.45) is 0 Å². The van der Waals surface area contributed by atoms with Gasteiger partial charge in [0.2, 0.25) is 0 Å². The van der Waals surface area contributed by atoms with Crippen molar-refractivity contribution in [3.63, 3.8) is 0 Å². The summed E-state index contributed by atoms with van der Waals surface area (Å²) in [7, 11) is 0. The molecule has 2 heteroatoms. The summed E-state index contributed by atoms with van der Waals surface area (Å²) in [4.78, 5) is 2.41. The van der Waals surface area contributed by atoms with Crippen LogP contribution in [0.25, 0.3) is 115 Å². The summed E-state index contributed by atoms with van der Waals surface area (Å²) in [5, 5.41) is 12.4. The van der Waals surface area contributed by atoms with E-state index in [2.05, 4.69) is 289 Å². The molecule has 0 aliphatic rings. The number of nitrogens with zero attached hydrogens (tertiary/aromatic N) is 2. The number of benzene rings is 13. The van der Waals surface area contributed by atoms with Crippen molar-refractivity contribution in [3.05, 3.63) is 279 Å². The highest BCUT2D eigenvalue weighted by Crippen LogP contribution is 2.46. The van der Waals surface area contributed by atoms with Crippen molar-refractivity contribution in [1.82, 2.24) is 4.57 Å². The number of para-hydroxylation sites is 2. The Labute approximate surface area is 418 Å². The number of fused-ring (bicyclic) bond motifs is 7. The molecule has 14 rings (SSSR count). The van der Waals surface area contributed by atoms with Crippen LogP contribution in [0.15, 0.2) is 279 Å². The van der Waals surface area contributed by atoms with Gasteiger partial charge in [0, 0.05) is 33.5 Å². The molecule has 336 valence electrons. The standard InChI is InChI=1S/C70H46N2/c1-2-19-55(20-3-1)72-67-28-13-12-22-61(67)66-46-58(43-44-68(66)72)71(56-39-35-48(36-40-56)54-34-29-47-15-4-5-17-53(47)45-54)57-41-37-52(38-42-57)70-64-25-10-8-23-62(64)69(63-24-9-11-26-65(63)70)51-32-30-50(31-33-51)60-27-14-18-49-16-6-7-21-59(49)60/h1-46H. The van der Waals surface area contributed by atoms with E-state index in [4.69, 9.17) is 0 Å². The molecule has 14 aromatic rings. The quantitative estimate of drug-likeness (QED) is 0.138. The highest BCUT2D eigenvalue weighted by atomic mass is 15.1. The molecule has 0 bridgehead atoms. The van der Waals surface area contributed by atoms with Gasteiger partial charge >= 0.3 is 0 Å². The Kier molecular flexibility index (Phi) is 9.89. The van der Waals surface area contributed by atoms with Crippen molar-refractivity contribution >= 4 is 82.0 Å². The molecule has 0 spiro atoms. The van der Waals surface area contributed by atoms with Gasteiger partial charge in [0.1, 0.15) is 0 Å². The lowest BCUT2D eigenvalue weighted by Gasteiger charge is -2.26. The molecule has 1 heterocycles. The summed E-state index contributed by atoms with van der Waals surface area (Å²) >= 11 is 0. The Balaban J connectivity index is 0.896. The van der Waals surface area contributed by atoms with Crippen LogP contribution in [0.3, 0.4) is 0 Å². The predicted octanol–water partition coefficient (Wildman–Crippen LogP) is 19.5. The second-order valence-electron chi connectivity index (χ2n) is 18.8. The lowest BCUT2D eigenvalue weighted by atomic mass is 9.85. The minimum atomic E-state index is 1.08. The van der Waals surface area contributed by atoms with Gasteiger partial charge in [-0.1, -0.05) is 212 Å². The number of anilines is 3. The zero-order chi connectivity index (χ0) is 47.5. The van der Waals surface area contributed by atoms with E-state index in [1.807, 2.05) is 0 Å². The average molecular weight is 915 g/mol. The second-order valence-corrected chi connectivity index (χ2v) is 18.8. The fourth-order valence-corrected chi connectivity index (χ4v) is 11.4. The van der Waals surface area contributed by atoms with Crippen molar-refractivity contribution in [2.45, 2.75) is 0 Å². The summed E-state index contributed by atoms with van der Waals surface area (Å²) in [6, 6.07) is 102. The number of rotatable bonds is 8. The molecule has 0 amide bonds. The van der Waals surface area contributed by atoms with Crippen LogP contribution in [0.1, 0.15) is 0 Å². The van der Waals surface area contributed by atoms with Gasteiger partial charge in [-0.25, -0.2) is 0 Å². The molecule has 0 aliphatic heterocycles. The first-order valence-corrected chi connectivity index (χ1v) is 24.8. The topological polar surface area (TPSA) is 8.17 Å². The molecular weight excluding hydrogens is 869 g/mol. The molecule has 0 saturated carbocycles. The summed E-state index contributed by atoms with van der Waals surface area (Å²) in [5.41, 5.74) is 16.5. The van der Waals surface area contributed by atoms with Gasteiger partial charge in [0.25, 0.3) is 0 Å². The maximum absolute atomic E-state index is 2.41. The van der Waals surface area contributed by atoms with Gasteiger partial charge in [0.15, 0.2) is 0 Å². The predicted molar refractivity (Wildman–Crippen MR) is 307 cm³/mol. The summed E-state index contributed by atoms with van der Waals surface area (Å²) in [5.74, 6) is 0. The zero-order valence-corrected chi connectivity index (χ0v) is 39.5. The highest BCUT2D eigenvalue weighted by Gasteiger charge is 2.20. The van der Waals surface area contributed by atoms with Gasteiger partial charge in [-0.15, -0.1) is 0 Å². The van der Waals surface area contributed by atoms with E-state index >= 15 is 0 Å². The first-order chi connectivity index (χ1) is 35.7. The first kappa shape index (κ1) is 41.5. The maximum atomic E-state index is 2.41. The summed E-state index contributed by atoms with van der Waals surface area (Å²) in [6.45, 7) is 0. The van der Waals surface area contributed by atoms with Gasteiger partial charge in [-0.2, -0.15) is 0 Å². The minimum absolute atomic E-state index is 1.08. The van der Waals surface area contributed by atoms with Crippen LogP contribution in [0, 0.1) is 0 Å². The Morgan fingerprint density at radius 3 is 1.35 bits per heavy atom. The van der Waals surface area contributed by atoms with Crippen molar-refractivity contribution < 1.29 is 0 Å². The molecule has 0 N–H and O–H groups in total. The molecule has 0 aliphatic carbocycles. The minimum Gasteiger partial charge on any atom is -0.310 e. The van der Waals surface area contributed by atoms with Gasteiger partial charge < -0.3 is 9.47 Å². The van der Waals surface area contributed by atoms with E-state index in [0.717, 1.165) is 22.7 Å². The van der Waals surface area contributed by atoms with E-state index in [1.165, 1.54) is 109 Å². The van der Waals surface area contributed by atoms with Crippen LogP contribution in [0.2, 0.25) is 0 Å². The van der Waals surface area contributed by atoms with Crippen molar-refractivity contribution in [2.75, 3.05) is 4.90 Å². The zero-order valence-electron chi connectivity index (χ0n) is 39.5.